The van der Waals surface area contributed by atoms with Crippen LogP contribution in [0, 0.1) is 10.1 Å². The highest BCUT2D eigenvalue weighted by Gasteiger charge is 2.32. The predicted octanol–water partition coefficient (Wildman–Crippen LogP) is 3.71. The molecule has 1 aromatic heterocycles. The lowest BCUT2D eigenvalue weighted by Gasteiger charge is -2.33. The van der Waals surface area contributed by atoms with E-state index in [2.05, 4.69) is 4.98 Å². The minimum atomic E-state index is -1.39. The summed E-state index contributed by atoms with van der Waals surface area (Å²) >= 11 is 1.27. The number of nitrogens with zero attached hydrogens (tertiary/aromatic N) is 3. The van der Waals surface area contributed by atoms with E-state index < -0.39 is 27.4 Å². The van der Waals surface area contributed by atoms with E-state index >= 15 is 0 Å². The van der Waals surface area contributed by atoms with Crippen LogP contribution in [-0.4, -0.2) is 49.0 Å². The lowest BCUT2D eigenvalue weighted by atomic mass is 10.1. The molecule has 1 aliphatic heterocycles. The minimum absolute atomic E-state index is 0.0427. The van der Waals surface area contributed by atoms with E-state index in [1.165, 1.54) is 23.5 Å². The molecule has 2 aromatic rings. The summed E-state index contributed by atoms with van der Waals surface area (Å²) in [6, 6.07) is 4.43. The molecule has 0 unspecified atom stereocenters. The normalized spacial score (nSPS) is 19.1. The molecule has 1 aliphatic rings. The molecule has 0 N–H and O–H groups in total. The lowest BCUT2D eigenvalue weighted by Crippen LogP contribution is -2.45. The van der Waals surface area contributed by atoms with Crippen molar-refractivity contribution in [2.24, 2.45) is 0 Å². The molecule has 1 aromatic carbocycles. The number of hydrogen-bond acceptors (Lipinski definition) is 7. The van der Waals surface area contributed by atoms with Gasteiger partial charge in [0.15, 0.2) is 4.34 Å². The molecular weight excluding hydrogens is 390 g/mol. The summed E-state index contributed by atoms with van der Waals surface area (Å²) in [5.74, 6) is 0. The van der Waals surface area contributed by atoms with Crippen LogP contribution in [0.5, 0.6) is 0 Å². The first-order chi connectivity index (χ1) is 12.6. The van der Waals surface area contributed by atoms with Gasteiger partial charge in [-0.25, -0.2) is 9.78 Å². The number of benzene rings is 1. The van der Waals surface area contributed by atoms with Gasteiger partial charge in [-0.2, -0.15) is 0 Å². The molecule has 0 aliphatic carbocycles. The zero-order valence-corrected chi connectivity index (χ0v) is 17.0. The number of fused-ring (bicyclic) bond motifs is 1. The molecule has 10 heteroatoms. The third-order valence-corrected chi connectivity index (χ3v) is 7.07. The Labute approximate surface area is 163 Å². The number of piperidine rings is 1. The maximum atomic E-state index is 13.0. The molecule has 27 heavy (non-hydrogen) atoms. The number of ether oxygens (including phenoxy) is 1. The van der Waals surface area contributed by atoms with Gasteiger partial charge in [0.25, 0.3) is 5.69 Å². The van der Waals surface area contributed by atoms with Gasteiger partial charge in [0.05, 0.1) is 31.2 Å². The molecule has 3 rings (SSSR count). The Hall–Kier alpha value is -2.07. The summed E-state index contributed by atoms with van der Waals surface area (Å²) < 4.78 is 19.6. The number of rotatable bonds is 3. The zero-order valence-electron chi connectivity index (χ0n) is 15.3. The Morgan fingerprint density at radius 1 is 1.44 bits per heavy atom. The number of hydrogen-bond donors (Lipinski definition) is 0. The van der Waals surface area contributed by atoms with E-state index in [9.17, 15) is 19.1 Å². The average Bonchev–Trinajstić information content (AvgIpc) is 3.02. The van der Waals surface area contributed by atoms with Crippen LogP contribution in [0.15, 0.2) is 22.5 Å². The second-order valence-corrected chi connectivity index (χ2v) is 10.3. The van der Waals surface area contributed by atoms with Crippen LogP contribution in [0.25, 0.3) is 10.2 Å². The van der Waals surface area contributed by atoms with Crippen molar-refractivity contribution in [3.8, 4) is 0 Å². The molecule has 8 nitrogen and oxygen atoms in total. The third-order valence-electron chi connectivity index (χ3n) is 4.07. The number of nitro benzene ring substituents is 1. The molecule has 1 fully saturated rings. The maximum absolute atomic E-state index is 13.0. The predicted molar refractivity (Wildman–Crippen MR) is 104 cm³/mol. The van der Waals surface area contributed by atoms with Crippen molar-refractivity contribution in [1.29, 1.82) is 0 Å². The Balaban J connectivity index is 1.76. The van der Waals surface area contributed by atoms with E-state index in [0.717, 1.165) is 17.5 Å². The van der Waals surface area contributed by atoms with Crippen LogP contribution < -0.4 is 0 Å². The van der Waals surface area contributed by atoms with Crippen LogP contribution >= 0.6 is 11.3 Å². The van der Waals surface area contributed by atoms with Gasteiger partial charge in [-0.1, -0.05) is 0 Å². The zero-order chi connectivity index (χ0) is 19.8. The van der Waals surface area contributed by atoms with Crippen LogP contribution in [0.1, 0.15) is 33.6 Å². The van der Waals surface area contributed by atoms with Gasteiger partial charge in [-0.05, 0) is 39.7 Å². The van der Waals surface area contributed by atoms with Crippen LogP contribution in [0.3, 0.4) is 0 Å². The molecule has 0 radical (unpaired) electrons. The van der Waals surface area contributed by atoms with Crippen molar-refractivity contribution in [3.05, 3.63) is 28.3 Å². The highest BCUT2D eigenvalue weighted by atomic mass is 32.2. The fraction of sp³-hybridized carbons (Fsp3) is 0.529. The summed E-state index contributed by atoms with van der Waals surface area (Å²) in [5, 5.41) is 10.7. The number of amides is 1. The van der Waals surface area contributed by atoms with Gasteiger partial charge >= 0.3 is 6.09 Å². The molecule has 146 valence electrons. The van der Waals surface area contributed by atoms with Crippen LogP contribution in [-0.2, 0) is 15.5 Å². The molecule has 0 saturated carbocycles. The van der Waals surface area contributed by atoms with Crippen molar-refractivity contribution < 1.29 is 18.7 Å². The molecule has 2 atom stereocenters. The molecule has 0 bridgehead atoms. The minimum Gasteiger partial charge on any atom is -0.444 e. The number of thiazole rings is 1. The van der Waals surface area contributed by atoms with Gasteiger partial charge in [0, 0.05) is 25.2 Å². The lowest BCUT2D eigenvalue weighted by molar-refractivity contribution is -0.384. The summed E-state index contributed by atoms with van der Waals surface area (Å²) in [6.07, 6.45) is 1.07. The van der Waals surface area contributed by atoms with E-state index in [0.29, 0.717) is 22.9 Å². The van der Waals surface area contributed by atoms with E-state index in [4.69, 9.17) is 4.74 Å². The SMILES string of the molecule is CC(C)(C)OC(=O)N1CCC[C@@H]([S@@](=O)c2nc3cc([N+](=O)[O-])ccc3s2)C1. The summed E-state index contributed by atoms with van der Waals surface area (Å²) in [5.41, 5.74) is -0.151. The topological polar surface area (TPSA) is 103 Å². The van der Waals surface area contributed by atoms with Gasteiger partial charge in [-0.15, -0.1) is 11.3 Å². The Morgan fingerprint density at radius 2 is 2.19 bits per heavy atom. The number of nitro groups is 1. The quantitative estimate of drug-likeness (QED) is 0.563. The fourth-order valence-corrected chi connectivity index (χ4v) is 5.70. The number of aromatic nitrogens is 1. The summed E-state index contributed by atoms with van der Waals surface area (Å²) in [4.78, 5) is 28.6. The first-order valence-electron chi connectivity index (χ1n) is 8.57. The average molecular weight is 412 g/mol. The second-order valence-electron chi connectivity index (χ2n) is 7.38. The monoisotopic (exact) mass is 411 g/mol. The first kappa shape index (κ1) is 19.7. The fourth-order valence-electron chi connectivity index (χ4n) is 2.84. The molecule has 1 saturated heterocycles. The van der Waals surface area contributed by atoms with Crippen molar-refractivity contribution in [1.82, 2.24) is 9.88 Å². The first-order valence-corrected chi connectivity index (χ1v) is 10.6. The summed E-state index contributed by atoms with van der Waals surface area (Å²) in [7, 11) is -1.39. The summed E-state index contributed by atoms with van der Waals surface area (Å²) in [6.45, 7) is 6.35. The Morgan fingerprint density at radius 3 is 2.85 bits per heavy atom. The number of non-ortho nitro benzene ring substituents is 1. The maximum Gasteiger partial charge on any atom is 0.410 e. The number of likely N-dealkylation sites (tertiary alicyclic amines) is 1. The second kappa shape index (κ2) is 7.51. The number of carbonyl (C=O) groups excluding carboxylic acids is 1. The standard InChI is InChI=1S/C17H21N3O5S2/c1-17(2,3)25-16(21)19-8-4-5-12(10-19)27(24)15-18-13-9-11(20(22)23)6-7-14(13)26-15/h6-7,9,12H,4-5,8,10H2,1-3H3/t12-,27-/m1/s1. The highest BCUT2D eigenvalue weighted by molar-refractivity contribution is 7.88. The van der Waals surface area contributed by atoms with E-state index in [-0.39, 0.29) is 10.9 Å². The van der Waals surface area contributed by atoms with Crippen LogP contribution in [0.2, 0.25) is 0 Å². The smallest absolute Gasteiger partial charge is 0.410 e. The van der Waals surface area contributed by atoms with Gasteiger partial charge < -0.3 is 9.64 Å². The molecule has 0 spiro atoms. The molecule has 1 amide bonds. The van der Waals surface area contributed by atoms with Crippen molar-refractivity contribution >= 4 is 44.1 Å². The van der Waals surface area contributed by atoms with E-state index in [1.54, 1.807) is 11.0 Å². The van der Waals surface area contributed by atoms with Gasteiger partial charge in [0.2, 0.25) is 0 Å². The molecule has 2 heterocycles. The largest absolute Gasteiger partial charge is 0.444 e. The van der Waals surface area contributed by atoms with E-state index in [1.807, 2.05) is 20.8 Å². The van der Waals surface area contributed by atoms with Crippen LogP contribution in [0.4, 0.5) is 10.5 Å². The van der Waals surface area contributed by atoms with Crippen molar-refractivity contribution in [2.75, 3.05) is 13.1 Å². The molecular formula is C17H21N3O5S2. The van der Waals surface area contributed by atoms with Gasteiger partial charge in [-0.3, -0.25) is 14.3 Å². The van der Waals surface area contributed by atoms with Gasteiger partial charge in [0.1, 0.15) is 5.60 Å². The Bertz CT molecular complexity index is 906. The third kappa shape index (κ3) is 4.62. The van der Waals surface area contributed by atoms with Crippen molar-refractivity contribution in [3.63, 3.8) is 0 Å². The number of carbonyl (C=O) groups is 1. The van der Waals surface area contributed by atoms with Crippen molar-refractivity contribution in [2.45, 2.75) is 48.8 Å². The Kier molecular flexibility index (Phi) is 5.48. The highest BCUT2D eigenvalue weighted by Crippen LogP contribution is 2.30.